The number of nitrogens with one attached hydrogen (secondary N) is 1. The number of hydrogen-bond donors (Lipinski definition) is 1. The number of nitrogens with zero attached hydrogens (tertiary/aromatic N) is 1. The van der Waals surface area contributed by atoms with Crippen LogP contribution in [0.4, 0.5) is 5.69 Å². The molecule has 2 aromatic carbocycles. The van der Waals surface area contributed by atoms with Crippen LogP contribution in [-0.4, -0.2) is 31.7 Å². The van der Waals surface area contributed by atoms with Gasteiger partial charge in [-0.25, -0.2) is 8.42 Å². The average Bonchev–Trinajstić information content (AvgIpc) is 2.68. The van der Waals surface area contributed by atoms with Crippen molar-refractivity contribution in [2.24, 2.45) is 0 Å². The maximum absolute atomic E-state index is 13.0. The zero-order valence-electron chi connectivity index (χ0n) is 17.4. The molecule has 0 saturated carbocycles. The van der Waals surface area contributed by atoms with Crippen molar-refractivity contribution in [1.82, 2.24) is 4.31 Å². The normalized spacial score (nSPS) is 11.6. The second kappa shape index (κ2) is 9.34. The number of sulfonamides is 1. The summed E-state index contributed by atoms with van der Waals surface area (Å²) in [5, 5.41) is 3.03. The Labute approximate surface area is 168 Å². The third-order valence-corrected chi connectivity index (χ3v) is 7.08. The molecule has 0 bridgehead atoms. The molecule has 0 unspecified atom stereocenters. The van der Waals surface area contributed by atoms with Gasteiger partial charge in [0.25, 0.3) is 5.91 Å². The van der Waals surface area contributed by atoms with Crippen LogP contribution < -0.4 is 5.32 Å². The van der Waals surface area contributed by atoms with Crippen molar-refractivity contribution in [2.75, 3.05) is 18.4 Å². The molecule has 2 aromatic rings. The summed E-state index contributed by atoms with van der Waals surface area (Å²) >= 11 is 0. The Morgan fingerprint density at radius 3 is 2.04 bits per heavy atom. The van der Waals surface area contributed by atoms with Crippen LogP contribution in [0.1, 0.15) is 54.7 Å². The largest absolute Gasteiger partial charge is 0.321 e. The Kier molecular flexibility index (Phi) is 7.38. The standard InChI is InChI=1S/C22H30N2O3S/c1-6-17-11-10-12-18(7-2)21(17)23-22(25)20-15-19(14-13-16(20)5)28(26,27)24(8-3)9-4/h10-15H,6-9H2,1-5H3,(H,23,25). The number of anilines is 1. The van der Waals surface area contributed by atoms with E-state index in [-0.39, 0.29) is 10.8 Å². The zero-order chi connectivity index (χ0) is 20.9. The van der Waals surface area contributed by atoms with E-state index in [2.05, 4.69) is 5.32 Å². The molecule has 2 rings (SSSR count). The van der Waals surface area contributed by atoms with E-state index >= 15 is 0 Å². The fraction of sp³-hybridized carbons (Fsp3) is 0.409. The molecule has 0 aliphatic rings. The number of carbonyl (C=O) groups excluding carboxylic acids is 1. The van der Waals surface area contributed by atoms with Gasteiger partial charge in [0, 0.05) is 24.3 Å². The molecular formula is C22H30N2O3S. The Morgan fingerprint density at radius 2 is 1.54 bits per heavy atom. The highest BCUT2D eigenvalue weighted by Gasteiger charge is 2.24. The molecule has 0 radical (unpaired) electrons. The van der Waals surface area contributed by atoms with Crippen LogP contribution in [0.25, 0.3) is 0 Å². The molecule has 1 amide bonds. The molecule has 0 aliphatic carbocycles. The third kappa shape index (κ3) is 4.45. The van der Waals surface area contributed by atoms with Crippen LogP contribution in [0.3, 0.4) is 0 Å². The lowest BCUT2D eigenvalue weighted by Gasteiger charge is -2.20. The minimum atomic E-state index is -3.62. The first-order valence-corrected chi connectivity index (χ1v) is 11.3. The Balaban J connectivity index is 2.46. The van der Waals surface area contributed by atoms with Crippen molar-refractivity contribution in [1.29, 1.82) is 0 Å². The first kappa shape index (κ1) is 22.1. The highest BCUT2D eigenvalue weighted by molar-refractivity contribution is 7.89. The van der Waals surface area contributed by atoms with E-state index in [1.165, 1.54) is 10.4 Å². The Morgan fingerprint density at radius 1 is 0.964 bits per heavy atom. The first-order chi connectivity index (χ1) is 13.3. The van der Waals surface area contributed by atoms with Gasteiger partial charge in [-0.1, -0.05) is 52.0 Å². The van der Waals surface area contributed by atoms with Gasteiger partial charge in [0.15, 0.2) is 0 Å². The molecule has 6 heteroatoms. The summed E-state index contributed by atoms with van der Waals surface area (Å²) in [5.74, 6) is -0.287. The quantitative estimate of drug-likeness (QED) is 0.711. The average molecular weight is 403 g/mol. The third-order valence-electron chi connectivity index (χ3n) is 5.03. The lowest BCUT2D eigenvalue weighted by atomic mass is 10.0. The molecule has 152 valence electrons. The number of rotatable bonds is 8. The molecule has 0 aliphatic heterocycles. The van der Waals surface area contributed by atoms with Gasteiger partial charge in [0.1, 0.15) is 0 Å². The predicted octanol–water partition coefficient (Wildman–Crippen LogP) is 4.40. The monoisotopic (exact) mass is 402 g/mol. The maximum atomic E-state index is 13.0. The van der Waals surface area contributed by atoms with Crippen LogP contribution in [-0.2, 0) is 22.9 Å². The number of para-hydroxylation sites is 1. The van der Waals surface area contributed by atoms with Crippen molar-refractivity contribution in [3.8, 4) is 0 Å². The van der Waals surface area contributed by atoms with Crippen molar-refractivity contribution in [2.45, 2.75) is 52.4 Å². The van der Waals surface area contributed by atoms with E-state index in [9.17, 15) is 13.2 Å². The van der Waals surface area contributed by atoms with Crippen LogP contribution in [0.5, 0.6) is 0 Å². The maximum Gasteiger partial charge on any atom is 0.255 e. The zero-order valence-corrected chi connectivity index (χ0v) is 18.2. The number of benzene rings is 2. The molecule has 28 heavy (non-hydrogen) atoms. The van der Waals surface area contributed by atoms with Gasteiger partial charge in [0.2, 0.25) is 10.0 Å². The van der Waals surface area contributed by atoms with E-state index < -0.39 is 10.0 Å². The van der Waals surface area contributed by atoms with Crippen LogP contribution >= 0.6 is 0 Å². The Bertz CT molecular complexity index is 926. The minimum Gasteiger partial charge on any atom is -0.321 e. The second-order valence-corrected chi connectivity index (χ2v) is 8.62. The number of amides is 1. The predicted molar refractivity (Wildman–Crippen MR) is 114 cm³/mol. The summed E-state index contributed by atoms with van der Waals surface area (Å²) in [6, 6.07) is 10.7. The van der Waals surface area contributed by atoms with Crippen LogP contribution in [0, 0.1) is 6.92 Å². The molecule has 0 saturated heterocycles. The SMILES string of the molecule is CCc1cccc(CC)c1NC(=O)c1cc(S(=O)(=O)N(CC)CC)ccc1C. The summed E-state index contributed by atoms with van der Waals surface area (Å²) in [5.41, 5.74) is 4.08. The molecule has 5 nitrogen and oxygen atoms in total. The second-order valence-electron chi connectivity index (χ2n) is 6.68. The van der Waals surface area contributed by atoms with E-state index in [1.54, 1.807) is 26.0 Å². The van der Waals surface area contributed by atoms with Gasteiger partial charge in [-0.15, -0.1) is 0 Å². The van der Waals surface area contributed by atoms with E-state index in [0.29, 0.717) is 18.7 Å². The Hall–Kier alpha value is -2.18. The smallest absolute Gasteiger partial charge is 0.255 e. The molecule has 0 heterocycles. The first-order valence-electron chi connectivity index (χ1n) is 9.82. The van der Waals surface area contributed by atoms with Crippen molar-refractivity contribution >= 4 is 21.6 Å². The van der Waals surface area contributed by atoms with Crippen LogP contribution in [0.2, 0.25) is 0 Å². The lowest BCUT2D eigenvalue weighted by Crippen LogP contribution is -2.30. The summed E-state index contributed by atoms with van der Waals surface area (Å²) in [6.45, 7) is 10.3. The van der Waals surface area contributed by atoms with E-state index in [0.717, 1.165) is 35.2 Å². The molecule has 0 aromatic heterocycles. The summed E-state index contributed by atoms with van der Waals surface area (Å²) in [7, 11) is -3.62. The molecule has 0 fully saturated rings. The van der Waals surface area contributed by atoms with Crippen molar-refractivity contribution in [3.63, 3.8) is 0 Å². The van der Waals surface area contributed by atoms with Crippen molar-refractivity contribution < 1.29 is 13.2 Å². The number of hydrogen-bond acceptors (Lipinski definition) is 3. The summed E-state index contributed by atoms with van der Waals surface area (Å²) in [4.78, 5) is 13.2. The molecular weight excluding hydrogens is 372 g/mol. The van der Waals surface area contributed by atoms with Crippen molar-refractivity contribution in [3.05, 3.63) is 58.7 Å². The summed E-state index contributed by atoms with van der Waals surface area (Å²) < 4.78 is 27.1. The van der Waals surface area contributed by atoms with E-state index in [1.807, 2.05) is 39.0 Å². The minimum absolute atomic E-state index is 0.145. The number of aryl methyl sites for hydroxylation is 3. The van der Waals surface area contributed by atoms with Crippen LogP contribution in [0.15, 0.2) is 41.3 Å². The van der Waals surface area contributed by atoms with Gasteiger partial charge < -0.3 is 5.32 Å². The fourth-order valence-electron chi connectivity index (χ4n) is 3.30. The van der Waals surface area contributed by atoms with Gasteiger partial charge in [0.05, 0.1) is 4.90 Å². The highest BCUT2D eigenvalue weighted by Crippen LogP contribution is 2.25. The molecule has 1 N–H and O–H groups in total. The lowest BCUT2D eigenvalue weighted by molar-refractivity contribution is 0.102. The van der Waals surface area contributed by atoms with Gasteiger partial charge in [-0.05, 0) is 48.6 Å². The van der Waals surface area contributed by atoms with E-state index in [4.69, 9.17) is 0 Å². The van der Waals surface area contributed by atoms with Gasteiger partial charge in [-0.2, -0.15) is 4.31 Å². The highest BCUT2D eigenvalue weighted by atomic mass is 32.2. The van der Waals surface area contributed by atoms with Gasteiger partial charge >= 0.3 is 0 Å². The van der Waals surface area contributed by atoms with Gasteiger partial charge in [-0.3, -0.25) is 4.79 Å². The number of carbonyl (C=O) groups is 1. The topological polar surface area (TPSA) is 66.5 Å². The fourth-order valence-corrected chi connectivity index (χ4v) is 4.79. The summed E-state index contributed by atoms with van der Waals surface area (Å²) in [6.07, 6.45) is 1.61. The molecule has 0 spiro atoms. The molecule has 0 atom stereocenters.